The van der Waals surface area contributed by atoms with Gasteiger partial charge in [0, 0.05) is 25.1 Å². The van der Waals surface area contributed by atoms with E-state index in [1.165, 1.54) is 0 Å². The second kappa shape index (κ2) is 6.16. The van der Waals surface area contributed by atoms with Crippen LogP contribution < -0.4 is 9.47 Å². The number of fused-ring (bicyclic) bond motifs is 1. The molecule has 1 aliphatic carbocycles. The van der Waals surface area contributed by atoms with Crippen LogP contribution in [0.1, 0.15) is 18.4 Å². The largest absolute Gasteiger partial charge is 0.497 e. The number of likely N-dealkylation sites (tertiary alicyclic amines) is 1. The maximum atomic E-state index is 12.5. The summed E-state index contributed by atoms with van der Waals surface area (Å²) in [6.07, 6.45) is 2.01. The zero-order chi connectivity index (χ0) is 15.7. The van der Waals surface area contributed by atoms with Gasteiger partial charge < -0.3 is 19.5 Å². The molecule has 2 fully saturated rings. The lowest BCUT2D eigenvalue weighted by atomic mass is 10.00. The third kappa shape index (κ3) is 2.90. The van der Waals surface area contributed by atoms with Crippen LogP contribution in [0.15, 0.2) is 18.2 Å². The Labute approximate surface area is 130 Å². The first-order valence-corrected chi connectivity index (χ1v) is 7.78. The Morgan fingerprint density at radius 1 is 1.18 bits per heavy atom. The van der Waals surface area contributed by atoms with Crippen molar-refractivity contribution in [3.8, 4) is 11.5 Å². The van der Waals surface area contributed by atoms with Crippen molar-refractivity contribution in [3.05, 3.63) is 23.8 Å². The summed E-state index contributed by atoms with van der Waals surface area (Å²) in [4.78, 5) is 14.4. The number of hydrogen-bond donors (Lipinski definition) is 1. The van der Waals surface area contributed by atoms with E-state index in [9.17, 15) is 9.90 Å². The van der Waals surface area contributed by atoms with Gasteiger partial charge in [-0.05, 0) is 36.5 Å². The summed E-state index contributed by atoms with van der Waals surface area (Å²) in [6.45, 7) is 1.47. The van der Waals surface area contributed by atoms with E-state index >= 15 is 0 Å². The summed E-state index contributed by atoms with van der Waals surface area (Å²) >= 11 is 0. The Bertz CT molecular complexity index is 537. The van der Waals surface area contributed by atoms with Crippen LogP contribution >= 0.6 is 0 Å². The number of aliphatic hydroxyl groups excluding tert-OH is 1. The van der Waals surface area contributed by atoms with Crippen molar-refractivity contribution < 1.29 is 19.4 Å². The monoisotopic (exact) mass is 305 g/mol. The lowest BCUT2D eigenvalue weighted by Crippen LogP contribution is -2.32. The normalized spacial score (nSPS) is 26.9. The molecular formula is C17H23NO4. The standard InChI is InChI=1S/C17H23NO4/c1-21-13-5-11(6-14(8-13)22-2)7-17(20)18-9-12-3-4-16(19)15(12)10-18/h5-6,8,12,15-16,19H,3-4,7,9-10H2,1-2H3/t12-,15+,16-/m1/s1. The molecule has 1 saturated heterocycles. The topological polar surface area (TPSA) is 59.0 Å². The van der Waals surface area contributed by atoms with E-state index in [-0.39, 0.29) is 17.9 Å². The first kappa shape index (κ1) is 15.2. The van der Waals surface area contributed by atoms with Crippen molar-refractivity contribution in [2.45, 2.75) is 25.4 Å². The van der Waals surface area contributed by atoms with Crippen molar-refractivity contribution in [2.75, 3.05) is 27.3 Å². The van der Waals surface area contributed by atoms with Crippen molar-refractivity contribution in [2.24, 2.45) is 11.8 Å². The van der Waals surface area contributed by atoms with Gasteiger partial charge in [-0.1, -0.05) is 0 Å². The summed E-state index contributed by atoms with van der Waals surface area (Å²) < 4.78 is 10.5. The van der Waals surface area contributed by atoms with Crippen LogP contribution in [0.2, 0.25) is 0 Å². The summed E-state index contributed by atoms with van der Waals surface area (Å²) in [5.41, 5.74) is 0.888. The van der Waals surface area contributed by atoms with Gasteiger partial charge in [-0.2, -0.15) is 0 Å². The number of hydrogen-bond acceptors (Lipinski definition) is 4. The maximum Gasteiger partial charge on any atom is 0.227 e. The van der Waals surface area contributed by atoms with E-state index in [0.717, 1.165) is 24.9 Å². The fraction of sp³-hybridized carbons (Fsp3) is 0.588. The number of nitrogens with zero attached hydrogens (tertiary/aromatic N) is 1. The molecule has 120 valence electrons. The molecule has 1 N–H and O–H groups in total. The number of rotatable bonds is 4. The molecule has 1 amide bonds. The van der Waals surface area contributed by atoms with Crippen LogP contribution in [0.4, 0.5) is 0 Å². The van der Waals surface area contributed by atoms with Crippen LogP contribution in [0, 0.1) is 11.8 Å². The molecule has 3 atom stereocenters. The lowest BCUT2D eigenvalue weighted by molar-refractivity contribution is -0.129. The third-order valence-corrected chi connectivity index (χ3v) is 4.94. The number of carbonyl (C=O) groups excluding carboxylic acids is 1. The summed E-state index contributed by atoms with van der Waals surface area (Å²) in [6, 6.07) is 5.53. The summed E-state index contributed by atoms with van der Waals surface area (Å²) in [5.74, 6) is 2.23. The fourth-order valence-electron chi connectivity index (χ4n) is 3.70. The van der Waals surface area contributed by atoms with Crippen LogP contribution in [-0.4, -0.2) is 49.3 Å². The Balaban J connectivity index is 1.67. The molecule has 2 aliphatic rings. The van der Waals surface area contributed by atoms with Gasteiger partial charge in [0.1, 0.15) is 11.5 Å². The maximum absolute atomic E-state index is 12.5. The van der Waals surface area contributed by atoms with E-state index in [1.807, 2.05) is 17.0 Å². The number of methoxy groups -OCH3 is 2. The van der Waals surface area contributed by atoms with Gasteiger partial charge in [-0.15, -0.1) is 0 Å². The van der Waals surface area contributed by atoms with E-state index < -0.39 is 0 Å². The molecule has 1 aromatic rings. The molecule has 5 nitrogen and oxygen atoms in total. The van der Waals surface area contributed by atoms with E-state index in [2.05, 4.69) is 0 Å². The molecule has 5 heteroatoms. The molecule has 0 unspecified atom stereocenters. The van der Waals surface area contributed by atoms with Gasteiger partial charge in [-0.25, -0.2) is 0 Å². The molecule has 0 aromatic heterocycles. The SMILES string of the molecule is COc1cc(CC(=O)N2C[C@H]3CC[C@@H](O)[C@H]3C2)cc(OC)c1. The van der Waals surface area contributed by atoms with Crippen LogP contribution in [-0.2, 0) is 11.2 Å². The minimum absolute atomic E-state index is 0.108. The number of ether oxygens (including phenoxy) is 2. The molecule has 1 aromatic carbocycles. The Morgan fingerprint density at radius 3 is 2.45 bits per heavy atom. The number of carbonyl (C=O) groups is 1. The van der Waals surface area contributed by atoms with E-state index in [4.69, 9.17) is 9.47 Å². The molecular weight excluding hydrogens is 282 g/mol. The zero-order valence-electron chi connectivity index (χ0n) is 13.1. The van der Waals surface area contributed by atoms with Gasteiger partial charge in [0.25, 0.3) is 0 Å². The van der Waals surface area contributed by atoms with Crippen LogP contribution in [0.5, 0.6) is 11.5 Å². The Hall–Kier alpha value is -1.75. The number of amides is 1. The van der Waals surface area contributed by atoms with Gasteiger partial charge >= 0.3 is 0 Å². The summed E-state index contributed by atoms with van der Waals surface area (Å²) in [7, 11) is 3.20. The highest BCUT2D eigenvalue weighted by Crippen LogP contribution is 2.38. The fourth-order valence-corrected chi connectivity index (χ4v) is 3.70. The quantitative estimate of drug-likeness (QED) is 0.915. The molecule has 3 rings (SSSR count). The second-order valence-electron chi connectivity index (χ2n) is 6.27. The predicted octanol–water partition coefficient (Wildman–Crippen LogP) is 1.48. The third-order valence-electron chi connectivity index (χ3n) is 4.94. The average Bonchev–Trinajstić information content (AvgIpc) is 3.09. The predicted molar refractivity (Wildman–Crippen MR) is 82.1 cm³/mol. The first-order valence-electron chi connectivity index (χ1n) is 7.78. The molecule has 1 heterocycles. The van der Waals surface area contributed by atoms with Crippen molar-refractivity contribution in [1.29, 1.82) is 0 Å². The van der Waals surface area contributed by atoms with Gasteiger partial charge in [-0.3, -0.25) is 4.79 Å². The van der Waals surface area contributed by atoms with Gasteiger partial charge in [0.15, 0.2) is 0 Å². The van der Waals surface area contributed by atoms with Crippen LogP contribution in [0.25, 0.3) is 0 Å². The number of aliphatic hydroxyl groups is 1. The number of benzene rings is 1. The highest BCUT2D eigenvalue weighted by molar-refractivity contribution is 5.79. The van der Waals surface area contributed by atoms with Gasteiger partial charge in [0.05, 0.1) is 26.7 Å². The molecule has 0 bridgehead atoms. The van der Waals surface area contributed by atoms with Gasteiger partial charge in [0.2, 0.25) is 5.91 Å². The van der Waals surface area contributed by atoms with Crippen LogP contribution in [0.3, 0.4) is 0 Å². The zero-order valence-corrected chi connectivity index (χ0v) is 13.1. The highest BCUT2D eigenvalue weighted by Gasteiger charge is 2.43. The highest BCUT2D eigenvalue weighted by atomic mass is 16.5. The smallest absolute Gasteiger partial charge is 0.227 e. The van der Waals surface area contributed by atoms with Crippen molar-refractivity contribution in [3.63, 3.8) is 0 Å². The first-order chi connectivity index (χ1) is 10.6. The Kier molecular flexibility index (Phi) is 4.25. The molecule has 1 saturated carbocycles. The van der Waals surface area contributed by atoms with Crippen molar-refractivity contribution in [1.82, 2.24) is 4.90 Å². The summed E-state index contributed by atoms with van der Waals surface area (Å²) in [5, 5.41) is 9.95. The molecule has 22 heavy (non-hydrogen) atoms. The molecule has 0 spiro atoms. The molecule has 1 aliphatic heterocycles. The minimum atomic E-state index is -0.236. The van der Waals surface area contributed by atoms with E-state index in [1.54, 1.807) is 20.3 Å². The average molecular weight is 305 g/mol. The van der Waals surface area contributed by atoms with Crippen molar-refractivity contribution >= 4 is 5.91 Å². The second-order valence-corrected chi connectivity index (χ2v) is 6.27. The lowest BCUT2D eigenvalue weighted by Gasteiger charge is -2.19. The van der Waals surface area contributed by atoms with E-state index in [0.29, 0.717) is 30.4 Å². The minimum Gasteiger partial charge on any atom is -0.497 e. The Morgan fingerprint density at radius 2 is 1.86 bits per heavy atom. The molecule has 0 radical (unpaired) electrons.